The van der Waals surface area contributed by atoms with Crippen LogP contribution in [-0.2, 0) is 27.1 Å². The van der Waals surface area contributed by atoms with Crippen molar-refractivity contribution in [1.82, 2.24) is 5.32 Å². The molecule has 1 N–H and O–H groups in total. The Kier molecular flexibility index (Phi) is 4.73. The molecule has 1 aromatic carbocycles. The minimum atomic E-state index is -4.97. The number of halogens is 3. The van der Waals surface area contributed by atoms with Crippen molar-refractivity contribution in [3.8, 4) is 0 Å². The number of rotatable bonds is 4. The molecule has 23 heavy (non-hydrogen) atoms. The van der Waals surface area contributed by atoms with Crippen molar-refractivity contribution < 1.29 is 27.4 Å². The van der Waals surface area contributed by atoms with Gasteiger partial charge in [0.15, 0.2) is 5.79 Å². The number of aryl methyl sites for hydroxylation is 1. The number of carbonyl (C=O) groups is 1. The maximum absolute atomic E-state index is 12.8. The van der Waals surface area contributed by atoms with Crippen LogP contribution in [-0.4, -0.2) is 37.6 Å². The van der Waals surface area contributed by atoms with E-state index in [-0.39, 0.29) is 12.8 Å². The smallest absolute Gasteiger partial charge is 0.351 e. The summed E-state index contributed by atoms with van der Waals surface area (Å²) in [7, 11) is 2.71. The third-order valence-corrected chi connectivity index (χ3v) is 4.69. The van der Waals surface area contributed by atoms with Crippen molar-refractivity contribution >= 4 is 5.91 Å². The van der Waals surface area contributed by atoms with E-state index in [4.69, 9.17) is 9.47 Å². The predicted octanol–water partition coefficient (Wildman–Crippen LogP) is 2.60. The zero-order valence-corrected chi connectivity index (χ0v) is 13.3. The molecule has 0 heterocycles. The van der Waals surface area contributed by atoms with Gasteiger partial charge in [0, 0.05) is 20.6 Å². The molecule has 1 aliphatic rings. The summed E-state index contributed by atoms with van der Waals surface area (Å²) in [5.41, 5.74) is 0.623. The molecule has 0 saturated heterocycles. The number of benzene rings is 1. The molecule has 1 aromatic rings. The van der Waals surface area contributed by atoms with E-state index in [0.29, 0.717) is 6.42 Å². The lowest BCUT2D eigenvalue weighted by Gasteiger charge is -2.49. The highest BCUT2D eigenvalue weighted by molar-refractivity contribution is 5.82. The van der Waals surface area contributed by atoms with Crippen LogP contribution in [0.5, 0.6) is 0 Å². The fraction of sp³-hybridized carbons (Fsp3) is 0.562. The third kappa shape index (κ3) is 3.21. The predicted molar refractivity (Wildman–Crippen MR) is 77.8 cm³/mol. The summed E-state index contributed by atoms with van der Waals surface area (Å²) in [6.45, 7) is 1.54. The first-order valence-electron chi connectivity index (χ1n) is 7.24. The van der Waals surface area contributed by atoms with Crippen molar-refractivity contribution in [3.05, 3.63) is 35.4 Å². The van der Waals surface area contributed by atoms with Crippen LogP contribution in [0, 0.1) is 0 Å². The molecular weight excluding hydrogens is 311 g/mol. The molecule has 1 atom stereocenters. The molecule has 128 valence electrons. The fourth-order valence-electron chi connectivity index (χ4n) is 3.11. The Labute approximate surface area is 133 Å². The van der Waals surface area contributed by atoms with Gasteiger partial charge in [-0.05, 0) is 30.9 Å². The second-order valence-electron chi connectivity index (χ2n) is 5.83. The Bertz CT molecular complexity index is 584. The van der Waals surface area contributed by atoms with Gasteiger partial charge in [0.05, 0.1) is 5.54 Å². The average molecular weight is 331 g/mol. The Hall–Kier alpha value is -1.60. The molecule has 7 heteroatoms. The van der Waals surface area contributed by atoms with Crippen LogP contribution in [0.25, 0.3) is 0 Å². The third-order valence-electron chi connectivity index (χ3n) is 4.69. The second kappa shape index (κ2) is 6.13. The Balaban J connectivity index is 2.44. The first-order valence-corrected chi connectivity index (χ1v) is 7.24. The lowest BCUT2D eigenvalue weighted by Crippen LogP contribution is -2.68. The maximum atomic E-state index is 12.8. The van der Waals surface area contributed by atoms with E-state index in [0.717, 1.165) is 11.1 Å². The molecule has 0 spiro atoms. The van der Waals surface area contributed by atoms with Gasteiger partial charge in [-0.15, -0.1) is 0 Å². The monoisotopic (exact) mass is 331 g/mol. The van der Waals surface area contributed by atoms with Crippen molar-refractivity contribution in [2.24, 2.45) is 0 Å². The van der Waals surface area contributed by atoms with Crippen molar-refractivity contribution in [2.45, 2.75) is 43.7 Å². The SMILES string of the molecule is COC(C)(OC)C1(NC(=O)C(F)(F)F)CCc2ccccc2C1. The van der Waals surface area contributed by atoms with Gasteiger partial charge in [0.1, 0.15) is 0 Å². The Morgan fingerprint density at radius 1 is 1.17 bits per heavy atom. The van der Waals surface area contributed by atoms with Gasteiger partial charge in [0.25, 0.3) is 0 Å². The summed E-state index contributed by atoms with van der Waals surface area (Å²) in [5, 5.41) is 2.14. The number of carbonyl (C=O) groups excluding carboxylic acids is 1. The average Bonchev–Trinajstić information content (AvgIpc) is 2.52. The zero-order chi connectivity index (χ0) is 17.3. The quantitative estimate of drug-likeness (QED) is 0.863. The van der Waals surface area contributed by atoms with E-state index in [1.807, 2.05) is 24.3 Å². The van der Waals surface area contributed by atoms with Gasteiger partial charge in [-0.25, -0.2) is 0 Å². The summed E-state index contributed by atoms with van der Waals surface area (Å²) >= 11 is 0. The van der Waals surface area contributed by atoms with E-state index < -0.39 is 23.4 Å². The first-order chi connectivity index (χ1) is 10.7. The van der Waals surface area contributed by atoms with Gasteiger partial charge in [-0.2, -0.15) is 13.2 Å². The first kappa shape index (κ1) is 17.7. The normalized spacial score (nSPS) is 21.7. The van der Waals surface area contributed by atoms with Crippen LogP contribution in [0.2, 0.25) is 0 Å². The van der Waals surface area contributed by atoms with E-state index in [2.05, 4.69) is 5.32 Å². The molecule has 0 radical (unpaired) electrons. The summed E-state index contributed by atoms with van der Waals surface area (Å²) in [6, 6.07) is 7.47. The summed E-state index contributed by atoms with van der Waals surface area (Å²) in [6.07, 6.45) is -3.96. The van der Waals surface area contributed by atoms with Crippen LogP contribution in [0.4, 0.5) is 13.2 Å². The summed E-state index contributed by atoms with van der Waals surface area (Å²) in [5.74, 6) is -3.38. The minimum absolute atomic E-state index is 0.198. The number of fused-ring (bicyclic) bond motifs is 1. The number of nitrogens with one attached hydrogen (secondary N) is 1. The van der Waals surface area contributed by atoms with E-state index in [9.17, 15) is 18.0 Å². The standard InChI is InChI=1S/C16H20F3NO3/c1-14(22-2,23-3)15(20-13(21)16(17,18)19)9-8-11-6-4-5-7-12(11)10-15/h4-7H,8-10H2,1-3H3,(H,20,21). The number of amides is 1. The van der Waals surface area contributed by atoms with E-state index in [1.54, 1.807) is 0 Å². The number of ether oxygens (including phenoxy) is 2. The largest absolute Gasteiger partial charge is 0.471 e. The van der Waals surface area contributed by atoms with Crippen LogP contribution in [0.15, 0.2) is 24.3 Å². The van der Waals surface area contributed by atoms with Gasteiger partial charge in [0.2, 0.25) is 0 Å². The molecule has 0 aromatic heterocycles. The maximum Gasteiger partial charge on any atom is 0.471 e. The van der Waals surface area contributed by atoms with Gasteiger partial charge in [-0.1, -0.05) is 24.3 Å². The highest BCUT2D eigenvalue weighted by atomic mass is 19.4. The van der Waals surface area contributed by atoms with Crippen LogP contribution < -0.4 is 5.32 Å². The summed E-state index contributed by atoms with van der Waals surface area (Å²) < 4.78 is 49.0. The zero-order valence-electron chi connectivity index (χ0n) is 13.3. The van der Waals surface area contributed by atoms with Crippen molar-refractivity contribution in [1.29, 1.82) is 0 Å². The number of alkyl halides is 3. The molecule has 0 bridgehead atoms. The topological polar surface area (TPSA) is 47.6 Å². The molecule has 1 aliphatic carbocycles. The summed E-state index contributed by atoms with van der Waals surface area (Å²) in [4.78, 5) is 11.6. The molecule has 0 aliphatic heterocycles. The molecule has 2 rings (SSSR count). The highest BCUT2D eigenvalue weighted by Crippen LogP contribution is 2.39. The van der Waals surface area contributed by atoms with Crippen molar-refractivity contribution in [3.63, 3.8) is 0 Å². The lowest BCUT2D eigenvalue weighted by molar-refractivity contribution is -0.249. The second-order valence-corrected chi connectivity index (χ2v) is 5.83. The molecule has 4 nitrogen and oxygen atoms in total. The van der Waals surface area contributed by atoms with Crippen LogP contribution in [0.1, 0.15) is 24.5 Å². The van der Waals surface area contributed by atoms with Gasteiger partial charge >= 0.3 is 12.1 Å². The van der Waals surface area contributed by atoms with Gasteiger partial charge < -0.3 is 14.8 Å². The lowest BCUT2D eigenvalue weighted by atomic mass is 9.73. The molecular formula is C16H20F3NO3. The number of methoxy groups -OCH3 is 2. The molecule has 1 unspecified atom stereocenters. The highest BCUT2D eigenvalue weighted by Gasteiger charge is 2.55. The van der Waals surface area contributed by atoms with E-state index in [1.165, 1.54) is 21.1 Å². The van der Waals surface area contributed by atoms with Crippen molar-refractivity contribution in [2.75, 3.05) is 14.2 Å². The van der Waals surface area contributed by atoms with E-state index >= 15 is 0 Å². The van der Waals surface area contributed by atoms with Crippen LogP contribution >= 0.6 is 0 Å². The minimum Gasteiger partial charge on any atom is -0.351 e. The molecule has 1 amide bonds. The Morgan fingerprint density at radius 2 is 1.74 bits per heavy atom. The number of hydrogen-bond donors (Lipinski definition) is 1. The molecule has 0 fully saturated rings. The fourth-order valence-corrected chi connectivity index (χ4v) is 3.11. The van der Waals surface area contributed by atoms with Crippen LogP contribution in [0.3, 0.4) is 0 Å². The van der Waals surface area contributed by atoms with Gasteiger partial charge in [-0.3, -0.25) is 4.79 Å². The number of hydrogen-bond acceptors (Lipinski definition) is 3. The molecule has 0 saturated carbocycles. The Morgan fingerprint density at radius 3 is 2.26 bits per heavy atom.